The molecule has 0 heterocycles. The Morgan fingerprint density at radius 2 is 0.788 bits per heavy atom. The number of rotatable bonds is 13. The third-order valence-electron chi connectivity index (χ3n) is 8.32. The lowest BCUT2D eigenvalue weighted by Gasteiger charge is -2.26. The maximum Gasteiger partial charge on any atom is 0.194 e. The summed E-state index contributed by atoms with van der Waals surface area (Å²) < 4.78 is 16.3. The Labute approximate surface area is 305 Å². The quantitative estimate of drug-likeness (QED) is 0.0819. The highest BCUT2D eigenvalue weighted by molar-refractivity contribution is 5.92. The fourth-order valence-corrected chi connectivity index (χ4v) is 5.91. The van der Waals surface area contributed by atoms with Gasteiger partial charge >= 0.3 is 0 Å². The molecule has 3 atom stereocenters. The van der Waals surface area contributed by atoms with Crippen molar-refractivity contribution in [2.45, 2.75) is 46.6 Å². The van der Waals surface area contributed by atoms with Gasteiger partial charge in [0.25, 0.3) is 0 Å². The molecule has 52 heavy (non-hydrogen) atoms. The van der Waals surface area contributed by atoms with Crippen LogP contribution in [0.2, 0.25) is 0 Å². The van der Waals surface area contributed by atoms with Gasteiger partial charge in [0.05, 0.1) is 0 Å². The van der Waals surface area contributed by atoms with Gasteiger partial charge in [0.15, 0.2) is 18.9 Å². The van der Waals surface area contributed by atoms with Crippen LogP contribution in [0.5, 0.6) is 17.2 Å². The third kappa shape index (κ3) is 9.27. The molecule has 0 saturated carbocycles. The van der Waals surface area contributed by atoms with E-state index in [1.165, 1.54) is 5.56 Å². The van der Waals surface area contributed by atoms with Crippen LogP contribution in [0.1, 0.15) is 43.0 Å². The largest absolute Gasteiger partial charge is 0.465 e. The van der Waals surface area contributed by atoms with E-state index in [9.17, 15) is 15.3 Å². The first kappa shape index (κ1) is 35.9. The number of aryl methyl sites for hydroxylation is 1. The number of benzene rings is 6. The molecule has 3 unspecified atom stereocenters. The van der Waals surface area contributed by atoms with Crippen molar-refractivity contribution in [3.8, 4) is 28.4 Å². The zero-order valence-corrected chi connectivity index (χ0v) is 29.7. The smallest absolute Gasteiger partial charge is 0.194 e. The number of hydrogen-bond acceptors (Lipinski definition) is 7. The van der Waals surface area contributed by atoms with Crippen molar-refractivity contribution < 1.29 is 29.5 Å². The fourth-order valence-electron chi connectivity index (χ4n) is 5.91. The summed E-state index contributed by atoms with van der Waals surface area (Å²) in [6.07, 6.45) is -0.544. The molecule has 0 aliphatic carbocycles. The molecule has 7 heteroatoms. The van der Waals surface area contributed by atoms with Crippen molar-refractivity contribution in [1.29, 1.82) is 0 Å². The van der Waals surface area contributed by atoms with Crippen LogP contribution in [-0.4, -0.2) is 34.2 Å². The molecule has 0 amide bonds. The molecule has 0 saturated heterocycles. The summed E-state index contributed by atoms with van der Waals surface area (Å²) in [6.45, 7) is 6.82. The number of nitrogens with zero attached hydrogens (tertiary/aromatic N) is 1. The van der Waals surface area contributed by atoms with Gasteiger partial charge < -0.3 is 34.4 Å². The van der Waals surface area contributed by atoms with Crippen LogP contribution in [0.3, 0.4) is 0 Å². The molecule has 0 aliphatic rings. The topological polar surface area (TPSA) is 91.6 Å². The molecule has 3 N–H and O–H groups in total. The average Bonchev–Trinajstić information content (AvgIpc) is 3.13. The van der Waals surface area contributed by atoms with Crippen molar-refractivity contribution in [2.75, 3.05) is 4.90 Å². The molecule has 6 aromatic carbocycles. The molecule has 0 bridgehead atoms. The lowest BCUT2D eigenvalue weighted by molar-refractivity contribution is -0.000876. The van der Waals surface area contributed by atoms with Crippen LogP contribution in [0.15, 0.2) is 146 Å². The Bertz CT molecular complexity index is 2000. The van der Waals surface area contributed by atoms with Crippen molar-refractivity contribution in [3.63, 3.8) is 0 Å². The van der Waals surface area contributed by atoms with Crippen LogP contribution in [-0.2, 0) is 0 Å². The zero-order chi connectivity index (χ0) is 36.6. The van der Waals surface area contributed by atoms with Crippen LogP contribution in [0, 0.1) is 6.92 Å². The minimum Gasteiger partial charge on any atom is -0.465 e. The van der Waals surface area contributed by atoms with Crippen LogP contribution in [0.25, 0.3) is 22.8 Å². The number of aliphatic hydroxyl groups is 3. The van der Waals surface area contributed by atoms with Gasteiger partial charge in [-0.3, -0.25) is 0 Å². The summed E-state index contributed by atoms with van der Waals surface area (Å²) in [5.41, 5.74) is 10.3. The minimum absolute atomic E-state index is 0.576. The van der Waals surface area contributed by atoms with E-state index in [1.807, 2.05) is 72.8 Å². The second kappa shape index (κ2) is 16.4. The van der Waals surface area contributed by atoms with E-state index in [2.05, 4.69) is 90.7 Å². The predicted octanol–water partition coefficient (Wildman–Crippen LogP) is 9.87. The minimum atomic E-state index is -0.909. The van der Waals surface area contributed by atoms with E-state index >= 15 is 0 Å². The second-order valence-corrected chi connectivity index (χ2v) is 12.6. The van der Waals surface area contributed by atoms with Gasteiger partial charge in [0, 0.05) is 17.1 Å². The van der Waals surface area contributed by atoms with Gasteiger partial charge in [-0.1, -0.05) is 78.4 Å². The van der Waals surface area contributed by atoms with E-state index in [1.54, 1.807) is 20.8 Å². The van der Waals surface area contributed by atoms with Crippen molar-refractivity contribution in [2.24, 2.45) is 0 Å². The lowest BCUT2D eigenvalue weighted by atomic mass is 9.95. The normalized spacial score (nSPS) is 12.7. The molecule has 0 spiro atoms. The molecule has 0 radical (unpaired) electrons. The Balaban J connectivity index is 1.33. The molecule has 0 aromatic heterocycles. The maximum absolute atomic E-state index is 9.68. The SMILES string of the molecule is Cc1ccc(N(c2ccc(C=C(c3ccc(OC(C)O)cc3)c3ccc(OC(C)O)cc3)cc2)c2ccc(-c3ccc(OC(C)O)cc3)cc2)cc1. The first-order valence-corrected chi connectivity index (χ1v) is 17.3. The van der Waals surface area contributed by atoms with E-state index < -0.39 is 18.9 Å². The highest BCUT2D eigenvalue weighted by Gasteiger charge is 2.14. The molecule has 6 rings (SSSR count). The maximum atomic E-state index is 9.68. The first-order chi connectivity index (χ1) is 25.1. The molecule has 264 valence electrons. The van der Waals surface area contributed by atoms with Crippen LogP contribution >= 0.6 is 0 Å². The molecular weight excluding hydrogens is 650 g/mol. The van der Waals surface area contributed by atoms with E-state index in [4.69, 9.17) is 14.2 Å². The molecule has 0 fully saturated rings. The van der Waals surface area contributed by atoms with E-state index in [-0.39, 0.29) is 0 Å². The van der Waals surface area contributed by atoms with Crippen molar-refractivity contribution in [3.05, 3.63) is 168 Å². The Morgan fingerprint density at radius 1 is 0.462 bits per heavy atom. The number of anilines is 3. The fraction of sp³-hybridized carbons (Fsp3) is 0.156. The Kier molecular flexibility index (Phi) is 11.4. The molecule has 7 nitrogen and oxygen atoms in total. The molecule has 0 aliphatic heterocycles. The number of aliphatic hydroxyl groups excluding tert-OH is 3. The van der Waals surface area contributed by atoms with Gasteiger partial charge in [-0.15, -0.1) is 0 Å². The van der Waals surface area contributed by atoms with Crippen LogP contribution < -0.4 is 19.1 Å². The van der Waals surface area contributed by atoms with Crippen molar-refractivity contribution >= 4 is 28.7 Å². The average molecular weight is 694 g/mol. The summed E-state index contributed by atoms with van der Waals surface area (Å²) in [5.74, 6) is 1.77. The van der Waals surface area contributed by atoms with Gasteiger partial charge in [0.1, 0.15) is 17.2 Å². The van der Waals surface area contributed by atoms with E-state index in [0.717, 1.165) is 50.5 Å². The van der Waals surface area contributed by atoms with E-state index in [0.29, 0.717) is 17.2 Å². The van der Waals surface area contributed by atoms with Gasteiger partial charge in [0.2, 0.25) is 0 Å². The predicted molar refractivity (Wildman–Crippen MR) is 208 cm³/mol. The highest BCUT2D eigenvalue weighted by atomic mass is 16.6. The summed E-state index contributed by atoms with van der Waals surface area (Å²) in [4.78, 5) is 2.24. The monoisotopic (exact) mass is 693 g/mol. The van der Waals surface area contributed by atoms with Crippen molar-refractivity contribution in [1.82, 2.24) is 0 Å². The van der Waals surface area contributed by atoms with Gasteiger partial charge in [-0.25, -0.2) is 0 Å². The zero-order valence-electron chi connectivity index (χ0n) is 29.7. The Morgan fingerprint density at radius 3 is 1.17 bits per heavy atom. The molecule has 6 aromatic rings. The number of hydrogen-bond donors (Lipinski definition) is 3. The third-order valence-corrected chi connectivity index (χ3v) is 8.32. The van der Waals surface area contributed by atoms with Gasteiger partial charge in [-0.2, -0.15) is 0 Å². The number of ether oxygens (including phenoxy) is 3. The lowest BCUT2D eigenvalue weighted by Crippen LogP contribution is -2.10. The summed E-state index contributed by atoms with van der Waals surface area (Å²) in [7, 11) is 0. The Hall–Kier alpha value is -5.86. The van der Waals surface area contributed by atoms with Gasteiger partial charge in [-0.05, 0) is 140 Å². The first-order valence-electron chi connectivity index (χ1n) is 17.3. The highest BCUT2D eigenvalue weighted by Crippen LogP contribution is 2.37. The molecular formula is C45H43NO6. The summed E-state index contributed by atoms with van der Waals surface area (Å²) >= 11 is 0. The summed E-state index contributed by atoms with van der Waals surface area (Å²) in [5, 5.41) is 28.9. The second-order valence-electron chi connectivity index (χ2n) is 12.6. The summed E-state index contributed by atoms with van der Waals surface area (Å²) in [6, 6.07) is 48.4. The van der Waals surface area contributed by atoms with Crippen LogP contribution in [0.4, 0.5) is 17.1 Å². The standard InChI is InChI=1S/C45H43NO6/c1-30-5-17-39(18-6-30)46(41-21-9-35(10-22-41)36-11-23-42(24-12-36)50-31(2)47)40-19-7-34(8-20-40)29-45(37-13-25-43(26-14-37)51-32(3)48)38-15-27-44(28-16-38)52-33(4)49/h5-29,31-33,47-49H,1-4H3.